The van der Waals surface area contributed by atoms with Gasteiger partial charge < -0.3 is 9.73 Å². The first-order valence-corrected chi connectivity index (χ1v) is 17.3. The lowest BCUT2D eigenvalue weighted by Gasteiger charge is -2.29. The Morgan fingerprint density at radius 2 is 1.77 bits per heavy atom. The van der Waals surface area contributed by atoms with Gasteiger partial charge in [-0.2, -0.15) is 4.31 Å². The Balaban J connectivity index is 1.27. The van der Waals surface area contributed by atoms with Crippen molar-refractivity contribution in [3.63, 3.8) is 0 Å². The molecule has 2 atom stereocenters. The molecule has 0 aliphatic carbocycles. The number of hydrogen-bond donors (Lipinski definition) is 1. The molecule has 3 aromatic heterocycles. The molecule has 12 nitrogen and oxygen atoms in total. The summed E-state index contributed by atoms with van der Waals surface area (Å²) in [5, 5.41) is 3.17. The molecule has 0 spiro atoms. The van der Waals surface area contributed by atoms with Gasteiger partial charge in [-0.3, -0.25) is 14.2 Å². The summed E-state index contributed by atoms with van der Waals surface area (Å²) in [5.74, 6) is -0.220. The quantitative estimate of drug-likeness (QED) is 0.216. The minimum Gasteiger partial charge on any atom is -0.467 e. The molecule has 2 amide bonds. The van der Waals surface area contributed by atoms with Gasteiger partial charge in [-0.05, 0) is 61.2 Å². The fourth-order valence-corrected chi connectivity index (χ4v) is 8.75. The van der Waals surface area contributed by atoms with E-state index in [-0.39, 0.29) is 30.5 Å². The number of furan rings is 1. The van der Waals surface area contributed by atoms with Crippen molar-refractivity contribution in [1.82, 2.24) is 29.1 Å². The highest BCUT2D eigenvalue weighted by atomic mass is 35.5. The topological polar surface area (TPSA) is 144 Å². The van der Waals surface area contributed by atoms with Crippen LogP contribution in [-0.4, -0.2) is 56.6 Å². The monoisotopic (exact) mass is 705 g/mol. The molecule has 0 radical (unpaired) electrons. The SMILES string of the molecule is C[C@@]1(Cc2ccc(-c3cncnc3)cc2)C(=O)N(c2cc(Cl)cc(Cl)c2)c2ncc(S(=O)(=O)N3CCC[C@H]3C(=O)NCc3ccco3)n21. The predicted molar refractivity (Wildman–Crippen MR) is 178 cm³/mol. The summed E-state index contributed by atoms with van der Waals surface area (Å²) in [5.41, 5.74) is 1.38. The molecular weight excluding hydrogens is 677 g/mol. The Kier molecular flexibility index (Phi) is 8.32. The maximum absolute atomic E-state index is 14.5. The van der Waals surface area contributed by atoms with Crippen molar-refractivity contribution in [2.45, 2.75) is 49.3 Å². The Bertz CT molecular complexity index is 2090. The molecule has 15 heteroatoms. The van der Waals surface area contributed by atoms with Crippen molar-refractivity contribution < 1.29 is 22.4 Å². The van der Waals surface area contributed by atoms with Crippen LogP contribution >= 0.6 is 23.2 Å². The van der Waals surface area contributed by atoms with Crippen molar-refractivity contribution in [3.05, 3.63) is 107 Å². The smallest absolute Gasteiger partial charge is 0.261 e. The van der Waals surface area contributed by atoms with E-state index in [1.807, 2.05) is 24.3 Å². The second-order valence-corrected chi connectivity index (χ2v) is 14.6. The third-order valence-corrected chi connectivity index (χ3v) is 11.0. The van der Waals surface area contributed by atoms with Gasteiger partial charge in [-0.25, -0.2) is 28.3 Å². The zero-order chi connectivity index (χ0) is 33.6. The zero-order valence-electron chi connectivity index (χ0n) is 25.6. The lowest BCUT2D eigenvalue weighted by atomic mass is 9.91. The van der Waals surface area contributed by atoms with Gasteiger partial charge in [0.2, 0.25) is 11.9 Å². The molecule has 2 aromatic carbocycles. The number of carbonyl (C=O) groups excluding carboxylic acids is 2. The number of fused-ring (bicyclic) bond motifs is 1. The van der Waals surface area contributed by atoms with Crippen LogP contribution in [0.1, 0.15) is 31.1 Å². The lowest BCUT2D eigenvalue weighted by molar-refractivity contribution is -0.125. The molecule has 246 valence electrons. The van der Waals surface area contributed by atoms with Gasteiger partial charge in [0.05, 0.1) is 24.7 Å². The van der Waals surface area contributed by atoms with Crippen LogP contribution in [-0.2, 0) is 38.1 Å². The van der Waals surface area contributed by atoms with E-state index in [0.717, 1.165) is 16.7 Å². The molecule has 0 unspecified atom stereocenters. The third kappa shape index (κ3) is 5.66. The summed E-state index contributed by atoms with van der Waals surface area (Å²) < 4.78 is 36.9. The fraction of sp³-hybridized carbons (Fsp3) is 0.242. The fourth-order valence-electron chi connectivity index (χ4n) is 6.39. The van der Waals surface area contributed by atoms with Crippen LogP contribution in [0.15, 0.2) is 95.2 Å². The number of aromatic nitrogens is 4. The van der Waals surface area contributed by atoms with Gasteiger partial charge in [-0.1, -0.05) is 47.5 Å². The molecule has 1 fully saturated rings. The van der Waals surface area contributed by atoms with Gasteiger partial charge >= 0.3 is 0 Å². The number of benzene rings is 2. The molecule has 5 aromatic rings. The first-order chi connectivity index (χ1) is 23.1. The summed E-state index contributed by atoms with van der Waals surface area (Å²) in [6.07, 6.45) is 8.55. The van der Waals surface area contributed by atoms with Crippen LogP contribution in [0.2, 0.25) is 10.0 Å². The number of hydrogen-bond acceptors (Lipinski definition) is 8. The summed E-state index contributed by atoms with van der Waals surface area (Å²) in [6.45, 7) is 1.94. The van der Waals surface area contributed by atoms with E-state index in [9.17, 15) is 18.0 Å². The van der Waals surface area contributed by atoms with Crippen LogP contribution in [0.4, 0.5) is 11.6 Å². The first-order valence-electron chi connectivity index (χ1n) is 15.1. The Morgan fingerprint density at radius 1 is 1.04 bits per heavy atom. The molecule has 48 heavy (non-hydrogen) atoms. The number of amides is 2. The highest BCUT2D eigenvalue weighted by Gasteiger charge is 2.53. The van der Waals surface area contributed by atoms with Crippen LogP contribution < -0.4 is 10.2 Å². The highest BCUT2D eigenvalue weighted by Crippen LogP contribution is 2.45. The normalized spacial score (nSPS) is 19.5. The van der Waals surface area contributed by atoms with E-state index in [2.05, 4.69) is 20.3 Å². The summed E-state index contributed by atoms with van der Waals surface area (Å²) in [4.78, 5) is 41.8. The lowest BCUT2D eigenvalue weighted by Crippen LogP contribution is -2.47. The molecule has 0 bridgehead atoms. The number of anilines is 2. The largest absolute Gasteiger partial charge is 0.467 e. The standard InChI is InChI=1S/C33H29Cl2N7O5S/c1-33(15-21-6-8-22(9-7-21)23-16-36-20-37-17-23)31(44)41(26-13-24(34)12-25(35)14-26)32-39-19-29(42(32)33)48(45,46)40-10-2-5-28(40)30(43)38-18-27-4-3-11-47-27/h3-4,6-9,11-14,16-17,19-20,28H,2,5,10,15,18H2,1H3,(H,38,43)/t28-,33+/m0/s1. The van der Waals surface area contributed by atoms with Crippen molar-refractivity contribution in [3.8, 4) is 11.1 Å². The molecule has 0 saturated carbocycles. The number of nitrogens with one attached hydrogen (secondary N) is 1. The molecular formula is C33H29Cl2N7O5S. The van der Waals surface area contributed by atoms with Crippen LogP contribution in [0, 0.1) is 0 Å². The van der Waals surface area contributed by atoms with Crippen molar-refractivity contribution in [1.29, 1.82) is 0 Å². The van der Waals surface area contributed by atoms with Gasteiger partial charge in [0.15, 0.2) is 5.03 Å². The number of sulfonamides is 1. The Morgan fingerprint density at radius 3 is 2.46 bits per heavy atom. The van der Waals surface area contributed by atoms with E-state index in [0.29, 0.717) is 34.3 Å². The Hall–Kier alpha value is -4.56. The number of halogens is 2. The van der Waals surface area contributed by atoms with E-state index >= 15 is 0 Å². The van der Waals surface area contributed by atoms with Crippen molar-refractivity contribution in [2.75, 3.05) is 11.4 Å². The molecule has 1 N–H and O–H groups in total. The maximum Gasteiger partial charge on any atom is 0.261 e. The summed E-state index contributed by atoms with van der Waals surface area (Å²) in [6, 6.07) is 14.7. The molecule has 2 aliphatic rings. The Labute approximate surface area is 286 Å². The highest BCUT2D eigenvalue weighted by molar-refractivity contribution is 7.89. The summed E-state index contributed by atoms with van der Waals surface area (Å²) >= 11 is 12.7. The van der Waals surface area contributed by atoms with E-state index in [1.54, 1.807) is 49.6 Å². The maximum atomic E-state index is 14.5. The zero-order valence-corrected chi connectivity index (χ0v) is 27.9. The van der Waals surface area contributed by atoms with Gasteiger partial charge in [0, 0.05) is 41.0 Å². The molecule has 5 heterocycles. The second-order valence-electron chi connectivity index (χ2n) is 11.8. The number of carbonyl (C=O) groups is 2. The predicted octanol–water partition coefficient (Wildman–Crippen LogP) is 5.35. The van der Waals surface area contributed by atoms with Gasteiger partial charge in [0.1, 0.15) is 23.7 Å². The minimum absolute atomic E-state index is 0.0930. The van der Waals surface area contributed by atoms with Crippen LogP contribution in [0.25, 0.3) is 11.1 Å². The average Bonchev–Trinajstić information content (AvgIpc) is 3.88. The molecule has 1 saturated heterocycles. The number of rotatable bonds is 9. The summed E-state index contributed by atoms with van der Waals surface area (Å²) in [7, 11) is -4.33. The third-order valence-electron chi connectivity index (χ3n) is 8.67. The van der Waals surface area contributed by atoms with Crippen molar-refractivity contribution >= 4 is 56.7 Å². The number of imidazole rings is 1. The molecule has 2 aliphatic heterocycles. The van der Waals surface area contributed by atoms with Crippen LogP contribution in [0.5, 0.6) is 0 Å². The van der Waals surface area contributed by atoms with E-state index in [4.69, 9.17) is 27.6 Å². The van der Waals surface area contributed by atoms with Crippen molar-refractivity contribution in [2.24, 2.45) is 0 Å². The van der Waals surface area contributed by atoms with E-state index < -0.39 is 33.4 Å². The van der Waals surface area contributed by atoms with Gasteiger partial charge in [-0.15, -0.1) is 0 Å². The average molecular weight is 707 g/mol. The number of nitrogens with zero attached hydrogens (tertiary/aromatic N) is 6. The van der Waals surface area contributed by atoms with Gasteiger partial charge in [0.25, 0.3) is 15.9 Å². The first kappa shape index (κ1) is 32.0. The second kappa shape index (κ2) is 12.5. The van der Waals surface area contributed by atoms with E-state index in [1.165, 1.54) is 32.6 Å². The molecule has 7 rings (SSSR count). The van der Waals surface area contributed by atoms with Crippen LogP contribution in [0.3, 0.4) is 0 Å². The minimum atomic E-state index is -4.33.